The summed E-state index contributed by atoms with van der Waals surface area (Å²) >= 11 is 0. The van der Waals surface area contributed by atoms with Crippen molar-refractivity contribution in [3.8, 4) is 5.75 Å². The number of nitrogens with zero attached hydrogens (tertiary/aromatic N) is 2. The average molecular weight is 322 g/mol. The molecular formula is C14H14N2O5S. The van der Waals surface area contributed by atoms with Crippen molar-refractivity contribution in [2.45, 2.75) is 4.90 Å². The van der Waals surface area contributed by atoms with E-state index in [4.69, 9.17) is 9.84 Å². The van der Waals surface area contributed by atoms with Crippen molar-refractivity contribution in [3.05, 3.63) is 48.3 Å². The summed E-state index contributed by atoms with van der Waals surface area (Å²) in [7, 11) is -1.05. The highest BCUT2D eigenvalue weighted by atomic mass is 32.2. The van der Waals surface area contributed by atoms with Crippen LogP contribution in [0.4, 0.5) is 5.69 Å². The van der Waals surface area contributed by atoms with Gasteiger partial charge in [0.2, 0.25) is 0 Å². The predicted octanol–water partition coefficient (Wildman–Crippen LogP) is 1.61. The number of anilines is 1. The fourth-order valence-electron chi connectivity index (χ4n) is 1.79. The molecule has 0 amide bonds. The van der Waals surface area contributed by atoms with Crippen molar-refractivity contribution in [2.24, 2.45) is 0 Å². The summed E-state index contributed by atoms with van der Waals surface area (Å²) in [6.07, 6.45) is 1.25. The molecule has 8 heteroatoms. The smallest absolute Gasteiger partial charge is 0.354 e. The van der Waals surface area contributed by atoms with E-state index in [-0.39, 0.29) is 16.3 Å². The van der Waals surface area contributed by atoms with Crippen molar-refractivity contribution < 1.29 is 23.1 Å². The van der Waals surface area contributed by atoms with Gasteiger partial charge in [-0.2, -0.15) is 0 Å². The first-order valence-corrected chi connectivity index (χ1v) is 7.62. The summed E-state index contributed by atoms with van der Waals surface area (Å²) in [5, 5.41) is 8.93. The minimum Gasteiger partial charge on any atom is -0.497 e. The number of aromatic nitrogens is 1. The maximum absolute atomic E-state index is 12.6. The number of rotatable bonds is 5. The third-order valence-corrected chi connectivity index (χ3v) is 4.81. The number of sulfonamides is 1. The Kier molecular flexibility index (Phi) is 4.32. The lowest BCUT2D eigenvalue weighted by molar-refractivity contribution is 0.0690. The van der Waals surface area contributed by atoms with Crippen LogP contribution in [-0.2, 0) is 10.0 Å². The Labute approximate surface area is 127 Å². The highest BCUT2D eigenvalue weighted by Crippen LogP contribution is 2.24. The van der Waals surface area contributed by atoms with Gasteiger partial charge in [-0.1, -0.05) is 6.07 Å². The van der Waals surface area contributed by atoms with Crippen molar-refractivity contribution in [2.75, 3.05) is 18.5 Å². The van der Waals surface area contributed by atoms with Crippen LogP contribution in [0, 0.1) is 0 Å². The molecule has 7 nitrogen and oxygen atoms in total. The van der Waals surface area contributed by atoms with Gasteiger partial charge in [0, 0.05) is 19.3 Å². The Morgan fingerprint density at radius 3 is 2.64 bits per heavy atom. The molecule has 116 valence electrons. The van der Waals surface area contributed by atoms with Gasteiger partial charge in [0.15, 0.2) is 0 Å². The Morgan fingerprint density at radius 1 is 1.27 bits per heavy atom. The number of carboxylic acid groups (broad SMARTS) is 1. The molecular weight excluding hydrogens is 308 g/mol. The van der Waals surface area contributed by atoms with Gasteiger partial charge in [0.05, 0.1) is 17.7 Å². The average Bonchev–Trinajstić information content (AvgIpc) is 2.54. The molecule has 1 N–H and O–H groups in total. The molecule has 1 aromatic carbocycles. The van der Waals surface area contributed by atoms with Crippen molar-refractivity contribution in [3.63, 3.8) is 0 Å². The van der Waals surface area contributed by atoms with Gasteiger partial charge in [0.25, 0.3) is 10.0 Å². The van der Waals surface area contributed by atoms with E-state index >= 15 is 0 Å². The lowest BCUT2D eigenvalue weighted by Gasteiger charge is -2.19. The topological polar surface area (TPSA) is 96.8 Å². The van der Waals surface area contributed by atoms with Crippen LogP contribution in [0.15, 0.2) is 47.5 Å². The zero-order valence-electron chi connectivity index (χ0n) is 11.9. The van der Waals surface area contributed by atoms with Crippen molar-refractivity contribution in [1.29, 1.82) is 0 Å². The highest BCUT2D eigenvalue weighted by molar-refractivity contribution is 7.92. The number of ether oxygens (including phenoxy) is 1. The second-order valence-corrected chi connectivity index (χ2v) is 6.33. The molecule has 2 rings (SSSR count). The maximum Gasteiger partial charge on any atom is 0.354 e. The first-order valence-electron chi connectivity index (χ1n) is 6.18. The Balaban J connectivity index is 2.44. The Morgan fingerprint density at radius 2 is 2.00 bits per heavy atom. The Bertz CT molecular complexity index is 804. The molecule has 22 heavy (non-hydrogen) atoms. The fraction of sp³-hybridized carbons (Fsp3) is 0.143. The largest absolute Gasteiger partial charge is 0.497 e. The van der Waals surface area contributed by atoms with Crippen LogP contribution in [0.1, 0.15) is 10.5 Å². The van der Waals surface area contributed by atoms with E-state index in [1.54, 1.807) is 12.1 Å². The van der Waals surface area contributed by atoms with Gasteiger partial charge in [-0.05, 0) is 24.3 Å². The van der Waals surface area contributed by atoms with Crippen molar-refractivity contribution >= 4 is 21.7 Å². The van der Waals surface area contributed by atoms with E-state index in [9.17, 15) is 13.2 Å². The normalized spacial score (nSPS) is 11.0. The van der Waals surface area contributed by atoms with E-state index in [1.807, 2.05) is 0 Å². The van der Waals surface area contributed by atoms with Crippen LogP contribution >= 0.6 is 0 Å². The number of carbonyl (C=O) groups is 1. The number of aromatic carboxylic acids is 1. The molecule has 0 saturated carbocycles. The SMILES string of the molecule is COc1cccc(S(=O)(=O)N(C)c2ccnc(C(=O)O)c2)c1. The third kappa shape index (κ3) is 3.01. The van der Waals surface area contributed by atoms with Gasteiger partial charge >= 0.3 is 5.97 Å². The maximum atomic E-state index is 12.6. The molecule has 0 fully saturated rings. The molecule has 0 spiro atoms. The Hall–Kier alpha value is -2.61. The zero-order chi connectivity index (χ0) is 16.3. The van der Waals surface area contributed by atoms with E-state index in [1.165, 1.54) is 44.6 Å². The molecule has 0 aliphatic carbocycles. The second kappa shape index (κ2) is 6.02. The molecule has 0 atom stereocenters. The minimum atomic E-state index is -3.83. The minimum absolute atomic E-state index is 0.0445. The summed E-state index contributed by atoms with van der Waals surface area (Å²) in [5.41, 5.74) is -0.0274. The van der Waals surface area contributed by atoms with Crippen LogP contribution in [0.3, 0.4) is 0 Å². The summed E-state index contributed by atoms with van der Waals surface area (Å²) in [4.78, 5) is 14.6. The van der Waals surface area contributed by atoms with Crippen molar-refractivity contribution in [1.82, 2.24) is 4.98 Å². The number of pyridine rings is 1. The standard InChI is InChI=1S/C14H14N2O5S/c1-16(10-6-7-15-13(8-10)14(17)18)22(19,20)12-5-3-4-11(9-12)21-2/h3-9H,1-2H3,(H,17,18). The van der Waals surface area contributed by atoms with Gasteiger partial charge < -0.3 is 9.84 Å². The monoisotopic (exact) mass is 322 g/mol. The summed E-state index contributed by atoms with van der Waals surface area (Å²) in [5.74, 6) is -0.815. The van der Waals surface area contributed by atoms with Crippen LogP contribution in [0.2, 0.25) is 0 Å². The fourth-order valence-corrected chi connectivity index (χ4v) is 3.01. The van der Waals surface area contributed by atoms with Crippen LogP contribution in [0.5, 0.6) is 5.75 Å². The summed E-state index contributed by atoms with van der Waals surface area (Å²) in [6.45, 7) is 0. The van der Waals surface area contributed by atoms with Gasteiger partial charge in [-0.3, -0.25) is 4.31 Å². The first-order chi connectivity index (χ1) is 10.4. The predicted molar refractivity (Wildman–Crippen MR) is 79.8 cm³/mol. The molecule has 0 aliphatic rings. The number of hydrogen-bond donors (Lipinski definition) is 1. The summed E-state index contributed by atoms with van der Waals surface area (Å²) < 4.78 is 31.2. The molecule has 0 radical (unpaired) electrons. The molecule has 1 heterocycles. The molecule has 0 unspecified atom stereocenters. The first kappa shape index (κ1) is 15.8. The molecule has 0 aliphatic heterocycles. The second-order valence-electron chi connectivity index (χ2n) is 4.36. The number of carboxylic acids is 1. The lowest BCUT2D eigenvalue weighted by atomic mass is 10.3. The lowest BCUT2D eigenvalue weighted by Crippen LogP contribution is -2.26. The quantitative estimate of drug-likeness (QED) is 0.898. The van der Waals surface area contributed by atoms with Gasteiger partial charge in [0.1, 0.15) is 11.4 Å². The van der Waals surface area contributed by atoms with E-state index in [0.29, 0.717) is 5.75 Å². The molecule has 1 aromatic heterocycles. The van der Waals surface area contributed by atoms with Crippen LogP contribution in [-0.4, -0.2) is 38.6 Å². The molecule has 0 saturated heterocycles. The van der Waals surface area contributed by atoms with Crippen LogP contribution < -0.4 is 9.04 Å². The van der Waals surface area contributed by atoms with E-state index in [2.05, 4.69) is 4.98 Å². The highest BCUT2D eigenvalue weighted by Gasteiger charge is 2.22. The van der Waals surface area contributed by atoms with E-state index in [0.717, 1.165) is 4.31 Å². The van der Waals surface area contributed by atoms with E-state index < -0.39 is 16.0 Å². The van der Waals surface area contributed by atoms with Crippen LogP contribution in [0.25, 0.3) is 0 Å². The molecule has 0 bridgehead atoms. The van der Waals surface area contributed by atoms with Gasteiger partial charge in [-0.25, -0.2) is 18.2 Å². The zero-order valence-corrected chi connectivity index (χ0v) is 12.7. The number of methoxy groups -OCH3 is 1. The number of hydrogen-bond acceptors (Lipinski definition) is 5. The molecule has 2 aromatic rings. The summed E-state index contributed by atoms with van der Waals surface area (Å²) in [6, 6.07) is 8.64. The number of benzene rings is 1. The van der Waals surface area contributed by atoms with Gasteiger partial charge in [-0.15, -0.1) is 0 Å². The third-order valence-electron chi connectivity index (χ3n) is 3.03.